The molecule has 4 heteroatoms. The molecule has 0 saturated carbocycles. The summed E-state index contributed by atoms with van der Waals surface area (Å²) in [5.41, 5.74) is -0.435. The molecular formula is C10H21N3O. The molecule has 1 heterocycles. The van der Waals surface area contributed by atoms with Crippen molar-refractivity contribution in [2.24, 2.45) is 0 Å². The van der Waals surface area contributed by atoms with E-state index in [2.05, 4.69) is 17.3 Å². The van der Waals surface area contributed by atoms with Crippen LogP contribution in [-0.2, 0) is 4.79 Å². The molecule has 1 amide bonds. The van der Waals surface area contributed by atoms with Crippen LogP contribution in [0.2, 0.25) is 0 Å². The van der Waals surface area contributed by atoms with E-state index in [0.29, 0.717) is 0 Å². The highest BCUT2D eigenvalue weighted by Crippen LogP contribution is 2.09. The van der Waals surface area contributed by atoms with Gasteiger partial charge in [-0.25, -0.2) is 0 Å². The number of hydrogen-bond acceptors (Lipinski definition) is 3. The minimum atomic E-state index is -0.435. The Balaban J connectivity index is 2.54. The predicted molar refractivity (Wildman–Crippen MR) is 57.2 cm³/mol. The Bertz CT molecular complexity index is 207. The van der Waals surface area contributed by atoms with E-state index in [9.17, 15) is 4.79 Å². The average molecular weight is 199 g/mol. The van der Waals surface area contributed by atoms with Crippen molar-refractivity contribution in [2.45, 2.75) is 19.4 Å². The molecule has 0 bridgehead atoms. The highest BCUT2D eigenvalue weighted by molar-refractivity contribution is 5.85. The third-order valence-corrected chi connectivity index (χ3v) is 2.95. The van der Waals surface area contributed by atoms with Crippen LogP contribution >= 0.6 is 0 Å². The van der Waals surface area contributed by atoms with Crippen molar-refractivity contribution in [1.82, 2.24) is 15.1 Å². The van der Waals surface area contributed by atoms with Crippen LogP contribution in [-0.4, -0.2) is 61.5 Å². The lowest BCUT2D eigenvalue weighted by atomic mass is 10.0. The molecule has 0 aliphatic carbocycles. The van der Waals surface area contributed by atoms with E-state index in [1.54, 1.807) is 0 Å². The van der Waals surface area contributed by atoms with Gasteiger partial charge in [-0.05, 0) is 27.9 Å². The molecule has 1 rings (SSSR count). The molecule has 0 atom stereocenters. The number of piperazine rings is 1. The van der Waals surface area contributed by atoms with Crippen LogP contribution in [0.15, 0.2) is 0 Å². The molecule has 4 nitrogen and oxygen atoms in total. The van der Waals surface area contributed by atoms with Gasteiger partial charge in [-0.3, -0.25) is 4.79 Å². The standard InChI is InChI=1S/C10H21N3O/c1-10(2,11-3)9(14)13-7-5-12(4)6-8-13/h11H,5-8H2,1-4H3. The lowest BCUT2D eigenvalue weighted by molar-refractivity contribution is -0.138. The number of carbonyl (C=O) groups is 1. The molecule has 1 N–H and O–H groups in total. The van der Waals surface area contributed by atoms with Gasteiger partial charge in [0, 0.05) is 26.2 Å². The van der Waals surface area contributed by atoms with Crippen molar-refractivity contribution in [2.75, 3.05) is 40.3 Å². The molecule has 0 spiro atoms. The zero-order valence-corrected chi connectivity index (χ0v) is 9.63. The molecule has 1 fully saturated rings. The number of rotatable bonds is 2. The quantitative estimate of drug-likeness (QED) is 0.666. The molecule has 0 unspecified atom stereocenters. The summed E-state index contributed by atoms with van der Waals surface area (Å²) in [6.45, 7) is 7.50. The first kappa shape index (κ1) is 11.5. The van der Waals surface area contributed by atoms with Gasteiger partial charge in [0.15, 0.2) is 0 Å². The Morgan fingerprint density at radius 3 is 2.14 bits per heavy atom. The van der Waals surface area contributed by atoms with Crippen LogP contribution in [0.4, 0.5) is 0 Å². The van der Waals surface area contributed by atoms with E-state index in [0.717, 1.165) is 26.2 Å². The Morgan fingerprint density at radius 1 is 1.21 bits per heavy atom. The molecule has 1 aliphatic rings. The van der Waals surface area contributed by atoms with Crippen LogP contribution in [0, 0.1) is 0 Å². The highest BCUT2D eigenvalue weighted by atomic mass is 16.2. The van der Waals surface area contributed by atoms with Gasteiger partial charge in [-0.2, -0.15) is 0 Å². The fourth-order valence-electron chi connectivity index (χ4n) is 1.51. The van der Waals surface area contributed by atoms with E-state index in [1.807, 2.05) is 25.8 Å². The molecule has 1 aliphatic heterocycles. The largest absolute Gasteiger partial charge is 0.339 e. The number of amides is 1. The van der Waals surface area contributed by atoms with Gasteiger partial charge in [0.1, 0.15) is 0 Å². The molecule has 0 aromatic heterocycles. The molecular weight excluding hydrogens is 178 g/mol. The van der Waals surface area contributed by atoms with Gasteiger partial charge in [-0.1, -0.05) is 0 Å². The second-order valence-electron chi connectivity index (χ2n) is 4.47. The normalized spacial score (nSPS) is 19.9. The summed E-state index contributed by atoms with van der Waals surface area (Å²) in [4.78, 5) is 16.2. The summed E-state index contributed by atoms with van der Waals surface area (Å²) in [7, 11) is 3.92. The average Bonchev–Trinajstić information content (AvgIpc) is 2.18. The zero-order valence-electron chi connectivity index (χ0n) is 9.63. The zero-order chi connectivity index (χ0) is 10.8. The summed E-state index contributed by atoms with van der Waals surface area (Å²) in [5.74, 6) is 0.202. The van der Waals surface area contributed by atoms with Crippen LogP contribution in [0.1, 0.15) is 13.8 Å². The molecule has 0 aromatic carbocycles. The minimum Gasteiger partial charge on any atom is -0.339 e. The van der Waals surface area contributed by atoms with Gasteiger partial charge in [0.25, 0.3) is 0 Å². The van der Waals surface area contributed by atoms with Crippen molar-refractivity contribution in [3.05, 3.63) is 0 Å². The lowest BCUT2D eigenvalue weighted by Crippen LogP contribution is -2.57. The first-order valence-corrected chi connectivity index (χ1v) is 5.14. The number of carbonyl (C=O) groups excluding carboxylic acids is 1. The topological polar surface area (TPSA) is 35.6 Å². The smallest absolute Gasteiger partial charge is 0.242 e. The van der Waals surface area contributed by atoms with Crippen molar-refractivity contribution in [3.8, 4) is 0 Å². The summed E-state index contributed by atoms with van der Waals surface area (Å²) in [6.07, 6.45) is 0. The van der Waals surface area contributed by atoms with Crippen LogP contribution in [0.25, 0.3) is 0 Å². The Hall–Kier alpha value is -0.610. The maximum absolute atomic E-state index is 12.0. The van der Waals surface area contributed by atoms with Crippen molar-refractivity contribution in [1.29, 1.82) is 0 Å². The maximum atomic E-state index is 12.0. The van der Waals surface area contributed by atoms with Crippen LogP contribution < -0.4 is 5.32 Å². The summed E-state index contributed by atoms with van der Waals surface area (Å²) in [5, 5.41) is 3.04. The van der Waals surface area contributed by atoms with Crippen molar-refractivity contribution >= 4 is 5.91 Å². The first-order chi connectivity index (χ1) is 6.47. The molecule has 0 radical (unpaired) electrons. The number of nitrogens with one attached hydrogen (secondary N) is 1. The van der Waals surface area contributed by atoms with Crippen molar-refractivity contribution < 1.29 is 4.79 Å². The van der Waals surface area contributed by atoms with Crippen molar-refractivity contribution in [3.63, 3.8) is 0 Å². The first-order valence-electron chi connectivity index (χ1n) is 5.14. The second-order valence-corrected chi connectivity index (χ2v) is 4.47. The van der Waals surface area contributed by atoms with Crippen LogP contribution in [0.3, 0.4) is 0 Å². The fourth-order valence-corrected chi connectivity index (χ4v) is 1.51. The third-order valence-electron chi connectivity index (χ3n) is 2.95. The molecule has 82 valence electrons. The maximum Gasteiger partial charge on any atom is 0.242 e. The van der Waals surface area contributed by atoms with Crippen LogP contribution in [0.5, 0.6) is 0 Å². The Labute approximate surface area is 86.2 Å². The number of nitrogens with zero attached hydrogens (tertiary/aromatic N) is 2. The van der Waals surface area contributed by atoms with E-state index < -0.39 is 5.54 Å². The second kappa shape index (κ2) is 4.28. The molecule has 0 aromatic rings. The fraction of sp³-hybridized carbons (Fsp3) is 0.900. The molecule has 1 saturated heterocycles. The predicted octanol–water partition coefficient (Wildman–Crippen LogP) is -0.242. The third kappa shape index (κ3) is 2.45. The van der Waals surface area contributed by atoms with E-state index in [1.165, 1.54) is 0 Å². The van der Waals surface area contributed by atoms with Gasteiger partial charge in [0.2, 0.25) is 5.91 Å². The number of likely N-dealkylation sites (N-methyl/N-ethyl adjacent to an activating group) is 2. The van der Waals surface area contributed by atoms with Gasteiger partial charge < -0.3 is 15.1 Å². The minimum absolute atomic E-state index is 0.202. The van der Waals surface area contributed by atoms with Gasteiger partial charge in [0.05, 0.1) is 5.54 Å². The van der Waals surface area contributed by atoms with E-state index in [-0.39, 0.29) is 5.91 Å². The van der Waals surface area contributed by atoms with E-state index in [4.69, 9.17) is 0 Å². The Kier molecular flexibility index (Phi) is 3.50. The molecule has 14 heavy (non-hydrogen) atoms. The monoisotopic (exact) mass is 199 g/mol. The summed E-state index contributed by atoms with van der Waals surface area (Å²) >= 11 is 0. The lowest BCUT2D eigenvalue weighted by Gasteiger charge is -2.37. The SMILES string of the molecule is CNC(C)(C)C(=O)N1CCN(C)CC1. The summed E-state index contributed by atoms with van der Waals surface area (Å²) in [6, 6.07) is 0. The van der Waals surface area contributed by atoms with Gasteiger partial charge >= 0.3 is 0 Å². The van der Waals surface area contributed by atoms with E-state index >= 15 is 0 Å². The number of hydrogen-bond donors (Lipinski definition) is 1. The highest BCUT2D eigenvalue weighted by Gasteiger charge is 2.31. The summed E-state index contributed by atoms with van der Waals surface area (Å²) < 4.78 is 0. The Morgan fingerprint density at radius 2 is 1.71 bits per heavy atom. The van der Waals surface area contributed by atoms with Gasteiger partial charge in [-0.15, -0.1) is 0 Å².